The second-order valence-electron chi connectivity index (χ2n) is 7.13. The molecular formula is C19H26Cl3N5O. The molecule has 0 aliphatic carbocycles. The van der Waals surface area contributed by atoms with E-state index in [9.17, 15) is 4.79 Å². The molecule has 1 aromatic carbocycles. The molecule has 1 aromatic heterocycles. The lowest BCUT2D eigenvalue weighted by atomic mass is 9.98. The van der Waals surface area contributed by atoms with E-state index in [-0.39, 0.29) is 36.6 Å². The number of rotatable bonds is 3. The van der Waals surface area contributed by atoms with Crippen LogP contribution >= 0.6 is 36.4 Å². The van der Waals surface area contributed by atoms with Crippen LogP contribution < -0.4 is 10.6 Å². The van der Waals surface area contributed by atoms with Crippen LogP contribution in [0.2, 0.25) is 5.02 Å². The molecule has 4 rings (SSSR count). The van der Waals surface area contributed by atoms with Crippen molar-refractivity contribution in [3.05, 3.63) is 29.0 Å². The number of halogens is 3. The van der Waals surface area contributed by atoms with Crippen LogP contribution in [0.15, 0.2) is 18.2 Å². The van der Waals surface area contributed by atoms with Crippen LogP contribution in [0.5, 0.6) is 0 Å². The lowest BCUT2D eigenvalue weighted by Gasteiger charge is -2.22. The van der Waals surface area contributed by atoms with E-state index in [1.807, 2.05) is 18.2 Å². The van der Waals surface area contributed by atoms with Crippen LogP contribution in [0, 0.1) is 5.92 Å². The van der Waals surface area contributed by atoms with Crippen LogP contribution in [-0.2, 0) is 17.8 Å². The first-order valence-corrected chi connectivity index (χ1v) is 9.84. The predicted octanol–water partition coefficient (Wildman–Crippen LogP) is 4.11. The van der Waals surface area contributed by atoms with Crippen molar-refractivity contribution in [2.24, 2.45) is 5.92 Å². The molecule has 0 spiro atoms. The van der Waals surface area contributed by atoms with Gasteiger partial charge >= 0.3 is 0 Å². The number of hydrogen-bond acceptors (Lipinski definition) is 4. The number of benzene rings is 1. The maximum Gasteiger partial charge on any atom is 0.228 e. The zero-order chi connectivity index (χ0) is 17.9. The van der Waals surface area contributed by atoms with E-state index in [1.165, 1.54) is 6.42 Å². The van der Waals surface area contributed by atoms with Gasteiger partial charge in [-0.15, -0.1) is 35.0 Å². The van der Waals surface area contributed by atoms with Crippen molar-refractivity contribution in [1.82, 2.24) is 20.1 Å². The van der Waals surface area contributed by atoms with Crippen molar-refractivity contribution in [3.63, 3.8) is 0 Å². The summed E-state index contributed by atoms with van der Waals surface area (Å²) >= 11 is 6.45. The number of amides is 1. The topological polar surface area (TPSA) is 71.8 Å². The third-order valence-corrected chi connectivity index (χ3v) is 5.58. The molecule has 2 aliphatic rings. The first kappa shape index (κ1) is 22.9. The molecule has 2 N–H and O–H groups in total. The minimum absolute atomic E-state index is 0. The zero-order valence-electron chi connectivity index (χ0n) is 15.6. The number of fused-ring (bicyclic) bond motifs is 1. The van der Waals surface area contributed by atoms with Gasteiger partial charge in [0.1, 0.15) is 5.82 Å². The van der Waals surface area contributed by atoms with E-state index in [0.29, 0.717) is 5.02 Å². The van der Waals surface area contributed by atoms with E-state index in [1.54, 1.807) is 0 Å². The summed E-state index contributed by atoms with van der Waals surface area (Å²) in [6, 6.07) is 5.59. The van der Waals surface area contributed by atoms with Gasteiger partial charge in [-0.1, -0.05) is 18.0 Å². The summed E-state index contributed by atoms with van der Waals surface area (Å²) in [5.74, 6) is 1.90. The molecule has 2 aromatic rings. The molecule has 3 heterocycles. The Hall–Kier alpha value is -1.34. The standard InChI is InChI=1S/C19H24ClN5O.2ClH/c20-16-8-7-14(22-19(26)13-5-4-9-21-12-13)11-15(16)18-24-23-17-6-2-1-3-10-25(17)18;;/h7-8,11,13,21H,1-6,9-10,12H2,(H,22,26);2*1H. The Labute approximate surface area is 182 Å². The van der Waals surface area contributed by atoms with E-state index < -0.39 is 0 Å². The molecule has 1 atom stereocenters. The molecule has 1 unspecified atom stereocenters. The summed E-state index contributed by atoms with van der Waals surface area (Å²) in [5, 5.41) is 15.7. The third-order valence-electron chi connectivity index (χ3n) is 5.25. The Kier molecular flexibility index (Phi) is 8.56. The van der Waals surface area contributed by atoms with Gasteiger partial charge in [0.05, 0.1) is 10.9 Å². The van der Waals surface area contributed by atoms with Crippen LogP contribution in [0.25, 0.3) is 11.4 Å². The van der Waals surface area contributed by atoms with Gasteiger partial charge in [0.15, 0.2) is 5.82 Å². The minimum atomic E-state index is 0. The molecule has 1 amide bonds. The van der Waals surface area contributed by atoms with Crippen molar-refractivity contribution < 1.29 is 4.79 Å². The molecule has 6 nitrogen and oxygen atoms in total. The van der Waals surface area contributed by atoms with Gasteiger partial charge in [0, 0.05) is 30.8 Å². The highest BCUT2D eigenvalue weighted by atomic mass is 35.5. The van der Waals surface area contributed by atoms with E-state index in [2.05, 4.69) is 25.4 Å². The molecule has 1 saturated heterocycles. The molecule has 0 saturated carbocycles. The lowest BCUT2D eigenvalue weighted by molar-refractivity contribution is -0.120. The number of carbonyl (C=O) groups is 1. The fourth-order valence-corrected chi connectivity index (χ4v) is 3.98. The Bertz CT molecular complexity index is 805. The van der Waals surface area contributed by atoms with Gasteiger partial charge in [0.2, 0.25) is 5.91 Å². The Morgan fingerprint density at radius 1 is 1.18 bits per heavy atom. The molecule has 0 bridgehead atoms. The quantitative estimate of drug-likeness (QED) is 0.744. The highest BCUT2D eigenvalue weighted by Gasteiger charge is 2.22. The van der Waals surface area contributed by atoms with Crippen LogP contribution in [0.3, 0.4) is 0 Å². The number of piperidine rings is 1. The van der Waals surface area contributed by atoms with Gasteiger partial charge in [-0.05, 0) is 50.4 Å². The number of carbonyl (C=O) groups excluding carboxylic acids is 1. The maximum absolute atomic E-state index is 12.5. The van der Waals surface area contributed by atoms with Crippen LogP contribution in [0.1, 0.15) is 37.9 Å². The predicted molar refractivity (Wildman–Crippen MR) is 117 cm³/mol. The molecular weight excluding hydrogens is 421 g/mol. The van der Waals surface area contributed by atoms with Gasteiger partial charge in [-0.3, -0.25) is 4.79 Å². The van der Waals surface area contributed by atoms with Crippen molar-refractivity contribution in [2.75, 3.05) is 18.4 Å². The molecule has 0 radical (unpaired) electrons. The maximum atomic E-state index is 12.5. The monoisotopic (exact) mass is 445 g/mol. The van der Waals surface area contributed by atoms with Crippen molar-refractivity contribution in [3.8, 4) is 11.4 Å². The number of aromatic nitrogens is 3. The Balaban J connectivity index is 0.00000140. The number of nitrogens with one attached hydrogen (secondary N) is 2. The van der Waals surface area contributed by atoms with E-state index in [0.717, 1.165) is 74.6 Å². The Morgan fingerprint density at radius 3 is 2.82 bits per heavy atom. The lowest BCUT2D eigenvalue weighted by Crippen LogP contribution is -2.37. The fraction of sp³-hybridized carbons (Fsp3) is 0.526. The molecule has 1 fully saturated rings. The number of aryl methyl sites for hydroxylation is 1. The summed E-state index contributed by atoms with van der Waals surface area (Å²) in [5.41, 5.74) is 1.58. The summed E-state index contributed by atoms with van der Waals surface area (Å²) in [6.07, 6.45) is 6.41. The van der Waals surface area contributed by atoms with Crippen LogP contribution in [0.4, 0.5) is 5.69 Å². The summed E-state index contributed by atoms with van der Waals surface area (Å²) in [7, 11) is 0. The summed E-state index contributed by atoms with van der Waals surface area (Å²) in [6.45, 7) is 2.65. The van der Waals surface area contributed by atoms with Gasteiger partial charge in [-0.25, -0.2) is 0 Å². The first-order chi connectivity index (χ1) is 12.7. The summed E-state index contributed by atoms with van der Waals surface area (Å²) < 4.78 is 2.17. The molecule has 28 heavy (non-hydrogen) atoms. The van der Waals surface area contributed by atoms with Gasteiger partial charge in [0.25, 0.3) is 0 Å². The largest absolute Gasteiger partial charge is 0.326 e. The first-order valence-electron chi connectivity index (χ1n) is 9.46. The molecule has 9 heteroatoms. The average Bonchev–Trinajstić information content (AvgIpc) is 2.92. The van der Waals surface area contributed by atoms with Crippen molar-refractivity contribution in [1.29, 1.82) is 0 Å². The van der Waals surface area contributed by atoms with E-state index >= 15 is 0 Å². The molecule has 2 aliphatic heterocycles. The normalized spacial score (nSPS) is 18.8. The second-order valence-corrected chi connectivity index (χ2v) is 7.54. The number of hydrogen-bond donors (Lipinski definition) is 2. The highest BCUT2D eigenvalue weighted by molar-refractivity contribution is 6.33. The van der Waals surface area contributed by atoms with Gasteiger partial charge in [-0.2, -0.15) is 0 Å². The zero-order valence-corrected chi connectivity index (χ0v) is 18.0. The summed E-state index contributed by atoms with van der Waals surface area (Å²) in [4.78, 5) is 12.5. The molecule has 154 valence electrons. The average molecular weight is 447 g/mol. The van der Waals surface area contributed by atoms with Crippen molar-refractivity contribution in [2.45, 2.75) is 45.1 Å². The van der Waals surface area contributed by atoms with Gasteiger partial charge < -0.3 is 15.2 Å². The SMILES string of the molecule is Cl.Cl.O=C(Nc1ccc(Cl)c(-c2nnc3n2CCCCC3)c1)C1CCCNC1. The smallest absolute Gasteiger partial charge is 0.228 e. The van der Waals surface area contributed by atoms with E-state index in [4.69, 9.17) is 11.6 Å². The second kappa shape index (κ2) is 10.4. The fourth-order valence-electron chi connectivity index (χ4n) is 3.78. The van der Waals surface area contributed by atoms with Crippen LogP contribution in [-0.4, -0.2) is 33.8 Å². The highest BCUT2D eigenvalue weighted by Crippen LogP contribution is 2.31. The van der Waals surface area contributed by atoms with Crippen molar-refractivity contribution >= 4 is 48.0 Å². The Morgan fingerprint density at radius 2 is 2.04 bits per heavy atom. The third kappa shape index (κ3) is 4.98. The minimum Gasteiger partial charge on any atom is -0.326 e. The number of nitrogens with zero attached hydrogens (tertiary/aromatic N) is 3. The number of anilines is 1.